The van der Waals surface area contributed by atoms with Gasteiger partial charge in [-0.25, -0.2) is 0 Å². The second-order valence-electron chi connectivity index (χ2n) is 6.76. The van der Waals surface area contributed by atoms with Crippen LogP contribution in [0.2, 0.25) is 0 Å². The number of amides is 2. The molecule has 0 aliphatic carbocycles. The van der Waals surface area contributed by atoms with E-state index < -0.39 is 0 Å². The van der Waals surface area contributed by atoms with Crippen LogP contribution in [0.1, 0.15) is 36.7 Å². The van der Waals surface area contributed by atoms with E-state index in [0.29, 0.717) is 18.0 Å². The van der Waals surface area contributed by atoms with Crippen molar-refractivity contribution >= 4 is 17.5 Å². The Labute approximate surface area is 158 Å². The SMILES string of the molecule is CC(N)C1CCCCN1C(=O)COc1cccc(NC(=O)c2ccco2)c1. The summed E-state index contributed by atoms with van der Waals surface area (Å²) in [6, 6.07) is 10.2. The first-order valence-corrected chi connectivity index (χ1v) is 9.17. The molecule has 144 valence electrons. The molecule has 1 fully saturated rings. The third-order valence-electron chi connectivity index (χ3n) is 4.68. The quantitative estimate of drug-likeness (QED) is 0.813. The number of rotatable bonds is 6. The maximum atomic E-state index is 12.6. The molecule has 1 saturated heterocycles. The first-order chi connectivity index (χ1) is 13.0. The average molecular weight is 371 g/mol. The zero-order chi connectivity index (χ0) is 19.2. The Balaban J connectivity index is 1.58. The summed E-state index contributed by atoms with van der Waals surface area (Å²) >= 11 is 0. The van der Waals surface area contributed by atoms with Gasteiger partial charge in [-0.05, 0) is 50.5 Å². The van der Waals surface area contributed by atoms with E-state index in [4.69, 9.17) is 14.9 Å². The molecule has 7 heteroatoms. The standard InChI is InChI=1S/C20H25N3O4/c1-14(21)17-8-2-3-10-23(17)19(24)13-27-16-7-4-6-15(12-16)22-20(25)18-9-5-11-26-18/h4-7,9,11-12,14,17H,2-3,8,10,13,21H2,1H3,(H,22,25). The van der Waals surface area contributed by atoms with Crippen LogP contribution in [0.3, 0.4) is 0 Å². The first-order valence-electron chi connectivity index (χ1n) is 9.17. The molecule has 3 N–H and O–H groups in total. The van der Waals surface area contributed by atoms with Gasteiger partial charge in [0.15, 0.2) is 12.4 Å². The summed E-state index contributed by atoms with van der Waals surface area (Å²) < 4.78 is 10.7. The summed E-state index contributed by atoms with van der Waals surface area (Å²) in [5.41, 5.74) is 6.59. The average Bonchev–Trinajstić information content (AvgIpc) is 3.21. The third-order valence-corrected chi connectivity index (χ3v) is 4.68. The Bertz CT molecular complexity index is 773. The van der Waals surface area contributed by atoms with E-state index in [1.165, 1.54) is 6.26 Å². The minimum atomic E-state index is -0.346. The summed E-state index contributed by atoms with van der Waals surface area (Å²) in [7, 11) is 0. The highest BCUT2D eigenvalue weighted by atomic mass is 16.5. The van der Waals surface area contributed by atoms with E-state index in [1.54, 1.807) is 36.4 Å². The normalized spacial score (nSPS) is 18.0. The Morgan fingerprint density at radius 2 is 2.19 bits per heavy atom. The number of furan rings is 1. The fourth-order valence-electron chi connectivity index (χ4n) is 3.31. The van der Waals surface area contributed by atoms with Crippen molar-refractivity contribution in [2.75, 3.05) is 18.5 Å². The van der Waals surface area contributed by atoms with Crippen molar-refractivity contribution in [3.05, 3.63) is 48.4 Å². The maximum absolute atomic E-state index is 12.6. The van der Waals surface area contributed by atoms with Crippen molar-refractivity contribution < 1.29 is 18.7 Å². The second kappa shape index (κ2) is 8.73. The highest BCUT2D eigenvalue weighted by Crippen LogP contribution is 2.21. The van der Waals surface area contributed by atoms with Gasteiger partial charge in [0.25, 0.3) is 11.8 Å². The van der Waals surface area contributed by atoms with Crippen molar-refractivity contribution in [1.82, 2.24) is 4.90 Å². The van der Waals surface area contributed by atoms with E-state index >= 15 is 0 Å². The second-order valence-corrected chi connectivity index (χ2v) is 6.76. The van der Waals surface area contributed by atoms with Crippen LogP contribution in [0.4, 0.5) is 5.69 Å². The van der Waals surface area contributed by atoms with Crippen LogP contribution >= 0.6 is 0 Å². The zero-order valence-corrected chi connectivity index (χ0v) is 15.4. The molecule has 0 bridgehead atoms. The molecule has 27 heavy (non-hydrogen) atoms. The van der Waals surface area contributed by atoms with Gasteiger partial charge < -0.3 is 25.1 Å². The van der Waals surface area contributed by atoms with Crippen LogP contribution in [-0.4, -0.2) is 41.9 Å². The molecular formula is C20H25N3O4. The van der Waals surface area contributed by atoms with Crippen LogP contribution in [0.5, 0.6) is 5.75 Å². The van der Waals surface area contributed by atoms with E-state index in [2.05, 4.69) is 5.32 Å². The number of ether oxygens (including phenoxy) is 1. The predicted octanol–water partition coefficient (Wildman–Crippen LogP) is 2.64. The molecule has 3 rings (SSSR count). The van der Waals surface area contributed by atoms with Crippen molar-refractivity contribution in [1.29, 1.82) is 0 Å². The molecule has 1 aromatic heterocycles. The molecule has 0 radical (unpaired) electrons. The number of nitrogens with one attached hydrogen (secondary N) is 1. The van der Waals surface area contributed by atoms with Gasteiger partial charge in [0.05, 0.1) is 6.26 Å². The molecule has 2 atom stereocenters. The number of hydrogen-bond donors (Lipinski definition) is 2. The van der Waals surface area contributed by atoms with Gasteiger partial charge in [0, 0.05) is 30.4 Å². The lowest BCUT2D eigenvalue weighted by Gasteiger charge is -2.38. The number of piperidine rings is 1. The monoisotopic (exact) mass is 371 g/mol. The Morgan fingerprint density at radius 1 is 1.33 bits per heavy atom. The molecule has 0 saturated carbocycles. The zero-order valence-electron chi connectivity index (χ0n) is 15.4. The number of benzene rings is 1. The Kier molecular flexibility index (Phi) is 6.13. The summed E-state index contributed by atoms with van der Waals surface area (Å²) in [6.45, 7) is 2.59. The lowest BCUT2D eigenvalue weighted by molar-refractivity contribution is -0.137. The van der Waals surface area contributed by atoms with Gasteiger partial charge in [-0.2, -0.15) is 0 Å². The van der Waals surface area contributed by atoms with Crippen LogP contribution < -0.4 is 15.8 Å². The highest BCUT2D eigenvalue weighted by molar-refractivity contribution is 6.02. The van der Waals surface area contributed by atoms with Gasteiger partial charge >= 0.3 is 0 Å². The van der Waals surface area contributed by atoms with Crippen LogP contribution in [0.15, 0.2) is 47.1 Å². The molecule has 1 aromatic carbocycles. The third kappa shape index (κ3) is 4.89. The smallest absolute Gasteiger partial charge is 0.291 e. The molecular weight excluding hydrogens is 346 g/mol. The summed E-state index contributed by atoms with van der Waals surface area (Å²) in [6.07, 6.45) is 4.45. The largest absolute Gasteiger partial charge is 0.484 e. The molecule has 7 nitrogen and oxygen atoms in total. The van der Waals surface area contributed by atoms with E-state index in [-0.39, 0.29) is 36.3 Å². The van der Waals surface area contributed by atoms with Gasteiger partial charge in [0.1, 0.15) is 5.75 Å². The van der Waals surface area contributed by atoms with E-state index in [1.807, 2.05) is 11.8 Å². The number of likely N-dealkylation sites (tertiary alicyclic amines) is 1. The number of carbonyl (C=O) groups excluding carboxylic acids is 2. The molecule has 1 aliphatic heterocycles. The van der Waals surface area contributed by atoms with Crippen LogP contribution in [0.25, 0.3) is 0 Å². The Hall–Kier alpha value is -2.80. The Morgan fingerprint density at radius 3 is 2.93 bits per heavy atom. The van der Waals surface area contributed by atoms with E-state index in [9.17, 15) is 9.59 Å². The van der Waals surface area contributed by atoms with Crippen molar-refractivity contribution in [2.24, 2.45) is 5.73 Å². The molecule has 2 amide bonds. The lowest BCUT2D eigenvalue weighted by Crippen LogP contribution is -2.52. The van der Waals surface area contributed by atoms with Crippen molar-refractivity contribution in [3.63, 3.8) is 0 Å². The first kappa shape index (κ1) is 19.0. The molecule has 1 aliphatic rings. The maximum Gasteiger partial charge on any atom is 0.291 e. The minimum absolute atomic E-state index is 0.0567. The topological polar surface area (TPSA) is 97.8 Å². The van der Waals surface area contributed by atoms with Gasteiger partial charge in [0.2, 0.25) is 0 Å². The fourth-order valence-corrected chi connectivity index (χ4v) is 3.31. The van der Waals surface area contributed by atoms with Gasteiger partial charge in [-0.15, -0.1) is 0 Å². The number of carbonyl (C=O) groups is 2. The number of nitrogens with zero attached hydrogens (tertiary/aromatic N) is 1. The lowest BCUT2D eigenvalue weighted by atomic mass is 9.97. The number of nitrogens with two attached hydrogens (primary N) is 1. The summed E-state index contributed by atoms with van der Waals surface area (Å²) in [5.74, 6) is 0.321. The predicted molar refractivity (Wildman–Crippen MR) is 102 cm³/mol. The molecule has 0 spiro atoms. The summed E-state index contributed by atoms with van der Waals surface area (Å²) in [5, 5.41) is 2.73. The van der Waals surface area contributed by atoms with Gasteiger partial charge in [-0.3, -0.25) is 9.59 Å². The molecule has 2 aromatic rings. The van der Waals surface area contributed by atoms with Crippen LogP contribution in [0, 0.1) is 0 Å². The molecule has 2 heterocycles. The number of hydrogen-bond acceptors (Lipinski definition) is 5. The number of anilines is 1. The highest BCUT2D eigenvalue weighted by Gasteiger charge is 2.29. The van der Waals surface area contributed by atoms with Gasteiger partial charge in [-0.1, -0.05) is 6.07 Å². The summed E-state index contributed by atoms with van der Waals surface area (Å²) in [4.78, 5) is 26.4. The minimum Gasteiger partial charge on any atom is -0.484 e. The van der Waals surface area contributed by atoms with Crippen molar-refractivity contribution in [2.45, 2.75) is 38.3 Å². The fraction of sp³-hybridized carbons (Fsp3) is 0.400. The van der Waals surface area contributed by atoms with Crippen molar-refractivity contribution in [3.8, 4) is 5.75 Å². The van der Waals surface area contributed by atoms with E-state index in [0.717, 1.165) is 19.3 Å². The molecule has 2 unspecified atom stereocenters. The van der Waals surface area contributed by atoms with Crippen LogP contribution in [-0.2, 0) is 4.79 Å².